The molecule has 21 heavy (non-hydrogen) atoms. The Morgan fingerprint density at radius 1 is 1.57 bits per heavy atom. The Hall–Kier alpha value is -2.17. The number of aliphatic hydroxyl groups excluding tert-OH is 2. The monoisotopic (exact) mass is 299 g/mol. The fraction of sp³-hybridized carbons (Fsp3) is 0.600. The van der Waals surface area contributed by atoms with Crippen LogP contribution in [-0.2, 0) is 9.47 Å². The van der Waals surface area contributed by atoms with Gasteiger partial charge in [-0.2, -0.15) is 0 Å². The van der Waals surface area contributed by atoms with E-state index in [-0.39, 0.29) is 6.73 Å². The lowest BCUT2D eigenvalue weighted by Crippen LogP contribution is -2.39. The molecule has 0 amide bonds. The number of nitrogens with one attached hydrogen (secondary N) is 1. The van der Waals surface area contributed by atoms with E-state index in [9.17, 15) is 14.7 Å². The van der Waals surface area contributed by atoms with Crippen molar-refractivity contribution < 1.29 is 19.7 Å². The van der Waals surface area contributed by atoms with Crippen LogP contribution >= 0.6 is 0 Å². The first kappa shape index (κ1) is 15.2. The second kappa shape index (κ2) is 6.52. The molecule has 1 aliphatic rings. The van der Waals surface area contributed by atoms with Crippen LogP contribution < -0.4 is 11.2 Å². The van der Waals surface area contributed by atoms with Gasteiger partial charge in [0.15, 0.2) is 6.23 Å². The van der Waals surface area contributed by atoms with Crippen molar-refractivity contribution in [2.24, 2.45) is 5.11 Å². The van der Waals surface area contributed by atoms with Crippen molar-refractivity contribution in [2.45, 2.75) is 24.5 Å². The van der Waals surface area contributed by atoms with Crippen LogP contribution in [0, 0.1) is 0 Å². The highest BCUT2D eigenvalue weighted by Gasteiger charge is 2.45. The number of aromatic nitrogens is 2. The van der Waals surface area contributed by atoms with E-state index in [4.69, 9.17) is 20.1 Å². The molecule has 0 spiro atoms. The molecule has 2 rings (SSSR count). The maximum absolute atomic E-state index is 11.7. The topological polar surface area (TPSA) is 163 Å². The van der Waals surface area contributed by atoms with Gasteiger partial charge in [-0.25, -0.2) is 4.79 Å². The largest absolute Gasteiger partial charge is 0.394 e. The molecule has 1 saturated heterocycles. The van der Waals surface area contributed by atoms with Crippen LogP contribution in [0.4, 0.5) is 0 Å². The van der Waals surface area contributed by atoms with Crippen molar-refractivity contribution in [3.8, 4) is 0 Å². The van der Waals surface area contributed by atoms with Crippen LogP contribution in [-0.4, -0.2) is 51.4 Å². The smallest absolute Gasteiger partial charge is 0.330 e. The highest BCUT2D eigenvalue weighted by atomic mass is 16.6. The zero-order valence-corrected chi connectivity index (χ0v) is 10.7. The minimum absolute atomic E-state index is 0.381. The number of aromatic amines is 1. The summed E-state index contributed by atoms with van der Waals surface area (Å²) in [5.74, 6) is 0. The van der Waals surface area contributed by atoms with Gasteiger partial charge in [-0.1, -0.05) is 5.11 Å². The Balaban J connectivity index is 2.31. The van der Waals surface area contributed by atoms with E-state index in [0.29, 0.717) is 0 Å². The molecule has 11 heteroatoms. The van der Waals surface area contributed by atoms with Gasteiger partial charge < -0.3 is 19.7 Å². The molecule has 114 valence electrons. The van der Waals surface area contributed by atoms with Crippen LogP contribution in [0.15, 0.2) is 27.0 Å². The van der Waals surface area contributed by atoms with Gasteiger partial charge in [-0.15, -0.1) is 0 Å². The highest BCUT2D eigenvalue weighted by molar-refractivity contribution is 4.93. The van der Waals surface area contributed by atoms with Crippen molar-refractivity contribution in [3.05, 3.63) is 43.5 Å². The average Bonchev–Trinajstić information content (AvgIpc) is 2.76. The molecule has 0 saturated carbocycles. The summed E-state index contributed by atoms with van der Waals surface area (Å²) in [5.41, 5.74) is 6.87. The van der Waals surface area contributed by atoms with Crippen LogP contribution in [0.1, 0.15) is 6.23 Å². The fourth-order valence-corrected chi connectivity index (χ4v) is 2.05. The lowest BCUT2D eigenvalue weighted by Gasteiger charge is -2.21. The molecule has 1 aliphatic heterocycles. The predicted molar refractivity (Wildman–Crippen MR) is 67.2 cm³/mol. The summed E-state index contributed by atoms with van der Waals surface area (Å²) in [6, 6.07) is 1.11. The molecule has 4 atom stereocenters. The number of nitrogens with zero attached hydrogens (tertiary/aromatic N) is 4. The van der Waals surface area contributed by atoms with E-state index in [1.165, 1.54) is 6.20 Å². The highest BCUT2D eigenvalue weighted by Crippen LogP contribution is 2.30. The van der Waals surface area contributed by atoms with Gasteiger partial charge in [-0.3, -0.25) is 14.3 Å². The molecule has 0 aliphatic carbocycles. The molecule has 0 unspecified atom stereocenters. The number of rotatable bonds is 5. The van der Waals surface area contributed by atoms with E-state index >= 15 is 0 Å². The molecular formula is C10H13N5O6. The Bertz CT molecular complexity index is 650. The van der Waals surface area contributed by atoms with E-state index < -0.39 is 42.4 Å². The third-order valence-electron chi connectivity index (χ3n) is 3.01. The van der Waals surface area contributed by atoms with Gasteiger partial charge in [0.1, 0.15) is 25.0 Å². The van der Waals surface area contributed by atoms with Crippen LogP contribution in [0.2, 0.25) is 0 Å². The summed E-state index contributed by atoms with van der Waals surface area (Å²) in [6.07, 6.45) is -3.13. The maximum Gasteiger partial charge on any atom is 0.330 e. The Morgan fingerprint density at radius 3 is 2.95 bits per heavy atom. The summed E-state index contributed by atoms with van der Waals surface area (Å²) in [6.45, 7) is -0.870. The third-order valence-corrected chi connectivity index (χ3v) is 3.01. The first-order valence-electron chi connectivity index (χ1n) is 5.96. The summed E-state index contributed by atoms with van der Waals surface area (Å²) in [4.78, 5) is 27.3. The molecule has 11 nitrogen and oxygen atoms in total. The Kier molecular flexibility index (Phi) is 4.73. The molecule has 1 fully saturated rings. The summed E-state index contributed by atoms with van der Waals surface area (Å²) < 4.78 is 11.6. The third kappa shape index (κ3) is 3.12. The van der Waals surface area contributed by atoms with Crippen molar-refractivity contribution >= 4 is 0 Å². The second-order valence-electron chi connectivity index (χ2n) is 4.25. The molecule has 1 aromatic heterocycles. The van der Waals surface area contributed by atoms with Crippen molar-refractivity contribution in [1.29, 1.82) is 0 Å². The van der Waals surface area contributed by atoms with E-state index in [2.05, 4.69) is 10.0 Å². The Morgan fingerprint density at radius 2 is 2.33 bits per heavy atom. The molecule has 0 bridgehead atoms. The lowest BCUT2D eigenvalue weighted by molar-refractivity contribution is -0.0730. The van der Waals surface area contributed by atoms with Crippen molar-refractivity contribution in [1.82, 2.24) is 9.55 Å². The van der Waals surface area contributed by atoms with Gasteiger partial charge in [0.2, 0.25) is 0 Å². The first-order chi connectivity index (χ1) is 10.1. The average molecular weight is 299 g/mol. The van der Waals surface area contributed by atoms with Crippen molar-refractivity contribution in [3.63, 3.8) is 0 Å². The number of hydrogen-bond acceptors (Lipinski definition) is 7. The number of aliphatic hydroxyl groups is 2. The normalized spacial score (nSPS) is 28.3. The standard InChI is InChI=1S/C10H13N5O6/c11-14-12-4-20-8-7(18)5(3-16)21-9(8)15-2-1-6(17)13-10(15)19/h1-2,5,7-9,16,18H,3-4H2,(H,13,17,19)/t5-,7-,8-,9-/m1/s1. The zero-order chi connectivity index (χ0) is 15.4. The second-order valence-corrected chi connectivity index (χ2v) is 4.25. The Labute approximate surface area is 117 Å². The lowest BCUT2D eigenvalue weighted by atomic mass is 10.1. The molecule has 1 aromatic rings. The minimum Gasteiger partial charge on any atom is -0.394 e. The van der Waals surface area contributed by atoms with Crippen LogP contribution in [0.3, 0.4) is 0 Å². The molecule has 3 N–H and O–H groups in total. The molecular weight excluding hydrogens is 286 g/mol. The maximum atomic E-state index is 11.7. The zero-order valence-electron chi connectivity index (χ0n) is 10.7. The molecule has 2 heterocycles. The number of hydrogen-bond donors (Lipinski definition) is 3. The van der Waals surface area contributed by atoms with Crippen LogP contribution in [0.5, 0.6) is 0 Å². The van der Waals surface area contributed by atoms with Gasteiger partial charge >= 0.3 is 5.69 Å². The predicted octanol–water partition coefficient (Wildman–Crippen LogP) is -1.56. The molecule has 0 radical (unpaired) electrons. The summed E-state index contributed by atoms with van der Waals surface area (Å²) in [5, 5.41) is 22.3. The quantitative estimate of drug-likeness (QED) is 0.338. The van der Waals surface area contributed by atoms with Gasteiger partial charge in [0.05, 0.1) is 6.61 Å². The van der Waals surface area contributed by atoms with Gasteiger partial charge in [0.25, 0.3) is 5.56 Å². The van der Waals surface area contributed by atoms with Gasteiger partial charge in [-0.05, 0) is 5.53 Å². The van der Waals surface area contributed by atoms with E-state index in [1.807, 2.05) is 4.98 Å². The van der Waals surface area contributed by atoms with Crippen molar-refractivity contribution in [2.75, 3.05) is 13.3 Å². The van der Waals surface area contributed by atoms with Crippen LogP contribution in [0.25, 0.3) is 10.4 Å². The number of azide groups is 1. The van der Waals surface area contributed by atoms with E-state index in [0.717, 1.165) is 10.6 Å². The van der Waals surface area contributed by atoms with Gasteiger partial charge in [0, 0.05) is 17.2 Å². The molecule has 0 aromatic carbocycles. The minimum atomic E-state index is -1.23. The summed E-state index contributed by atoms with van der Waals surface area (Å²) in [7, 11) is 0. The fourth-order valence-electron chi connectivity index (χ4n) is 2.05. The SMILES string of the molecule is [N-]=[N+]=NCO[C@@H]1[C@H](O)[C@@H](CO)O[C@H]1n1ccc(=O)[nH]c1=O. The first-order valence-corrected chi connectivity index (χ1v) is 5.96. The number of ether oxygens (including phenoxy) is 2. The van der Waals surface area contributed by atoms with E-state index in [1.54, 1.807) is 0 Å². The summed E-state index contributed by atoms with van der Waals surface area (Å²) >= 11 is 0. The number of H-pyrrole nitrogens is 1.